The number of rotatable bonds is 8. The molecule has 0 heterocycles. The van der Waals surface area contributed by atoms with Gasteiger partial charge in [0.1, 0.15) is 5.54 Å². The van der Waals surface area contributed by atoms with Crippen LogP contribution in [0.4, 0.5) is 0 Å². The molecule has 0 saturated heterocycles. The van der Waals surface area contributed by atoms with Crippen LogP contribution < -0.4 is 10.6 Å². The summed E-state index contributed by atoms with van der Waals surface area (Å²) in [5, 5.41) is 14.7. The molecular formula is C11H22N2O3. The monoisotopic (exact) mass is 230 g/mol. The zero-order valence-electron chi connectivity index (χ0n) is 10.3. The van der Waals surface area contributed by atoms with Crippen LogP contribution in [0.15, 0.2) is 0 Å². The highest BCUT2D eigenvalue weighted by molar-refractivity contribution is 5.78. The van der Waals surface area contributed by atoms with E-state index in [4.69, 9.17) is 5.11 Å². The van der Waals surface area contributed by atoms with E-state index in [2.05, 4.69) is 10.6 Å². The second-order valence-electron chi connectivity index (χ2n) is 3.80. The Morgan fingerprint density at radius 3 is 2.19 bits per heavy atom. The van der Waals surface area contributed by atoms with E-state index in [-0.39, 0.29) is 5.91 Å². The first-order valence-corrected chi connectivity index (χ1v) is 5.71. The molecule has 1 amide bonds. The summed E-state index contributed by atoms with van der Waals surface area (Å²) in [5.41, 5.74) is -0.845. The first-order chi connectivity index (χ1) is 7.52. The van der Waals surface area contributed by atoms with Crippen molar-refractivity contribution in [3.05, 3.63) is 0 Å². The molecule has 0 aromatic rings. The molecule has 0 rings (SSSR count). The molecule has 16 heavy (non-hydrogen) atoms. The van der Waals surface area contributed by atoms with Gasteiger partial charge in [0, 0.05) is 13.5 Å². The molecule has 0 radical (unpaired) electrons. The Morgan fingerprint density at radius 1 is 1.25 bits per heavy atom. The van der Waals surface area contributed by atoms with Crippen LogP contribution in [-0.2, 0) is 9.59 Å². The van der Waals surface area contributed by atoms with E-state index in [1.807, 2.05) is 13.8 Å². The average molecular weight is 230 g/mol. The van der Waals surface area contributed by atoms with Gasteiger partial charge in [0.25, 0.3) is 0 Å². The third-order valence-corrected chi connectivity index (χ3v) is 2.94. The molecule has 0 bridgehead atoms. The Labute approximate surface area is 96.6 Å². The largest absolute Gasteiger partial charge is 0.480 e. The van der Waals surface area contributed by atoms with Crippen molar-refractivity contribution in [1.82, 2.24) is 10.6 Å². The summed E-state index contributed by atoms with van der Waals surface area (Å²) < 4.78 is 0. The van der Waals surface area contributed by atoms with Crippen LogP contribution in [0.3, 0.4) is 0 Å². The standard InChI is InChI=1S/C11H22N2O3/c1-4-11(5-2,10(15)16)13-8-6-7-9(14)12-3/h13H,4-8H2,1-3H3,(H,12,14)(H,15,16). The van der Waals surface area contributed by atoms with Gasteiger partial charge >= 0.3 is 5.97 Å². The third kappa shape index (κ3) is 4.18. The molecule has 0 aromatic carbocycles. The van der Waals surface area contributed by atoms with Crippen molar-refractivity contribution < 1.29 is 14.7 Å². The van der Waals surface area contributed by atoms with Gasteiger partial charge in [-0.25, -0.2) is 0 Å². The first kappa shape index (κ1) is 14.9. The number of amides is 1. The van der Waals surface area contributed by atoms with Crippen LogP contribution in [0.5, 0.6) is 0 Å². The van der Waals surface area contributed by atoms with Crippen molar-refractivity contribution in [2.45, 2.75) is 45.1 Å². The van der Waals surface area contributed by atoms with Gasteiger partial charge in [0.15, 0.2) is 0 Å². The lowest BCUT2D eigenvalue weighted by atomic mass is 9.93. The second-order valence-corrected chi connectivity index (χ2v) is 3.80. The van der Waals surface area contributed by atoms with Crippen LogP contribution in [0.25, 0.3) is 0 Å². The second kappa shape index (κ2) is 7.22. The van der Waals surface area contributed by atoms with E-state index >= 15 is 0 Å². The molecule has 0 aliphatic heterocycles. The molecular weight excluding hydrogens is 208 g/mol. The third-order valence-electron chi connectivity index (χ3n) is 2.94. The molecule has 3 N–H and O–H groups in total. The van der Waals surface area contributed by atoms with Crippen molar-refractivity contribution >= 4 is 11.9 Å². The van der Waals surface area contributed by atoms with E-state index in [1.54, 1.807) is 7.05 Å². The molecule has 0 unspecified atom stereocenters. The lowest BCUT2D eigenvalue weighted by molar-refractivity contribution is -0.145. The minimum Gasteiger partial charge on any atom is -0.480 e. The van der Waals surface area contributed by atoms with E-state index in [1.165, 1.54) is 0 Å². The summed E-state index contributed by atoms with van der Waals surface area (Å²) in [6.45, 7) is 4.24. The van der Waals surface area contributed by atoms with Gasteiger partial charge in [-0.3, -0.25) is 9.59 Å². The van der Waals surface area contributed by atoms with Crippen LogP contribution >= 0.6 is 0 Å². The van der Waals surface area contributed by atoms with E-state index < -0.39 is 11.5 Å². The normalized spacial score (nSPS) is 11.2. The van der Waals surface area contributed by atoms with Gasteiger partial charge in [-0.2, -0.15) is 0 Å². The first-order valence-electron chi connectivity index (χ1n) is 5.71. The maximum atomic E-state index is 11.1. The SMILES string of the molecule is CCC(CC)(NCCCC(=O)NC)C(=O)O. The molecule has 5 nitrogen and oxygen atoms in total. The Balaban J connectivity index is 4.04. The predicted molar refractivity (Wildman–Crippen MR) is 62.3 cm³/mol. The lowest BCUT2D eigenvalue weighted by Crippen LogP contribution is -2.51. The van der Waals surface area contributed by atoms with Gasteiger partial charge in [0.2, 0.25) is 5.91 Å². The van der Waals surface area contributed by atoms with Crippen molar-refractivity contribution in [3.8, 4) is 0 Å². The maximum absolute atomic E-state index is 11.1. The lowest BCUT2D eigenvalue weighted by Gasteiger charge is -2.28. The average Bonchev–Trinajstić information content (AvgIpc) is 2.29. The van der Waals surface area contributed by atoms with Crippen LogP contribution in [-0.4, -0.2) is 36.1 Å². The van der Waals surface area contributed by atoms with Crippen molar-refractivity contribution in [3.63, 3.8) is 0 Å². The number of carbonyl (C=O) groups is 2. The highest BCUT2D eigenvalue weighted by atomic mass is 16.4. The van der Waals surface area contributed by atoms with Gasteiger partial charge in [-0.1, -0.05) is 13.8 Å². The van der Waals surface area contributed by atoms with Crippen LogP contribution in [0.1, 0.15) is 39.5 Å². The maximum Gasteiger partial charge on any atom is 0.323 e. The Bertz CT molecular complexity index is 237. The molecule has 0 aliphatic carbocycles. The summed E-state index contributed by atoms with van der Waals surface area (Å²) in [6.07, 6.45) is 2.15. The van der Waals surface area contributed by atoms with Gasteiger partial charge in [-0.15, -0.1) is 0 Å². The quantitative estimate of drug-likeness (QED) is 0.538. The summed E-state index contributed by atoms with van der Waals surface area (Å²) in [7, 11) is 1.59. The fourth-order valence-corrected chi connectivity index (χ4v) is 1.58. The smallest absolute Gasteiger partial charge is 0.323 e. The minimum atomic E-state index is -0.845. The topological polar surface area (TPSA) is 78.4 Å². The van der Waals surface area contributed by atoms with Crippen LogP contribution in [0.2, 0.25) is 0 Å². The van der Waals surface area contributed by atoms with E-state index in [9.17, 15) is 9.59 Å². The number of hydrogen-bond donors (Lipinski definition) is 3. The fraction of sp³-hybridized carbons (Fsp3) is 0.818. The Kier molecular flexibility index (Phi) is 6.72. The van der Waals surface area contributed by atoms with E-state index in [0.29, 0.717) is 32.2 Å². The number of carboxylic acids is 1. The molecule has 0 aliphatic rings. The number of aliphatic carboxylic acids is 1. The van der Waals surface area contributed by atoms with Gasteiger partial charge in [0.05, 0.1) is 0 Å². The predicted octanol–water partition coefficient (Wildman–Crippen LogP) is 0.746. The molecule has 0 atom stereocenters. The van der Waals surface area contributed by atoms with Crippen LogP contribution in [0, 0.1) is 0 Å². The zero-order chi connectivity index (χ0) is 12.6. The van der Waals surface area contributed by atoms with Gasteiger partial charge < -0.3 is 15.7 Å². The van der Waals surface area contributed by atoms with Gasteiger partial charge in [-0.05, 0) is 25.8 Å². The minimum absolute atomic E-state index is 0.0179. The summed E-state index contributed by atoms with van der Waals surface area (Å²) >= 11 is 0. The Morgan fingerprint density at radius 2 is 1.81 bits per heavy atom. The van der Waals surface area contributed by atoms with Crippen molar-refractivity contribution in [2.24, 2.45) is 0 Å². The summed E-state index contributed by atoms with van der Waals surface area (Å²) in [6, 6.07) is 0. The zero-order valence-corrected chi connectivity index (χ0v) is 10.3. The molecule has 0 spiro atoms. The molecule has 5 heteroatoms. The number of nitrogens with one attached hydrogen (secondary N) is 2. The molecule has 0 saturated carbocycles. The van der Waals surface area contributed by atoms with E-state index in [0.717, 1.165) is 0 Å². The molecule has 94 valence electrons. The number of carbonyl (C=O) groups excluding carboxylic acids is 1. The number of hydrogen-bond acceptors (Lipinski definition) is 3. The Hall–Kier alpha value is -1.10. The fourth-order valence-electron chi connectivity index (χ4n) is 1.58. The summed E-state index contributed by atoms with van der Waals surface area (Å²) in [4.78, 5) is 22.1. The van der Waals surface area contributed by atoms with Crippen molar-refractivity contribution in [1.29, 1.82) is 0 Å². The van der Waals surface area contributed by atoms with Crippen molar-refractivity contribution in [2.75, 3.05) is 13.6 Å². The highest BCUT2D eigenvalue weighted by Crippen LogP contribution is 2.15. The summed E-state index contributed by atoms with van der Waals surface area (Å²) in [5.74, 6) is -0.840. The molecule has 0 fully saturated rings. The number of carboxylic acid groups (broad SMARTS) is 1. The highest BCUT2D eigenvalue weighted by Gasteiger charge is 2.33. The molecule has 0 aromatic heterocycles.